The summed E-state index contributed by atoms with van der Waals surface area (Å²) in [5.41, 5.74) is 0.607. The van der Waals surface area contributed by atoms with E-state index in [1.54, 1.807) is 21.0 Å². The highest BCUT2D eigenvalue weighted by molar-refractivity contribution is 5.77. The highest BCUT2D eigenvalue weighted by atomic mass is 19.2. The first-order chi connectivity index (χ1) is 7.91. The summed E-state index contributed by atoms with van der Waals surface area (Å²) in [5.74, 6) is -1.82. The van der Waals surface area contributed by atoms with Gasteiger partial charge in [-0.05, 0) is 24.6 Å². The summed E-state index contributed by atoms with van der Waals surface area (Å²) in [7, 11) is 3.32. The molecule has 0 spiro atoms. The summed E-state index contributed by atoms with van der Waals surface area (Å²) < 4.78 is 25.7. The van der Waals surface area contributed by atoms with Crippen molar-refractivity contribution in [3.8, 4) is 0 Å². The molecule has 5 heteroatoms. The van der Waals surface area contributed by atoms with E-state index in [1.807, 2.05) is 0 Å². The van der Waals surface area contributed by atoms with E-state index in [4.69, 9.17) is 0 Å². The number of nitrogens with zero attached hydrogens (tertiary/aromatic N) is 1. The summed E-state index contributed by atoms with van der Waals surface area (Å²) in [6, 6.07) is 3.49. The van der Waals surface area contributed by atoms with Crippen LogP contribution in [0.2, 0.25) is 0 Å². The van der Waals surface area contributed by atoms with Crippen molar-refractivity contribution in [2.75, 3.05) is 20.6 Å². The van der Waals surface area contributed by atoms with E-state index in [-0.39, 0.29) is 18.5 Å². The Morgan fingerprint density at radius 2 is 2.00 bits per heavy atom. The highest BCUT2D eigenvalue weighted by Crippen LogP contribution is 2.15. The van der Waals surface area contributed by atoms with Crippen LogP contribution in [-0.4, -0.2) is 31.4 Å². The second kappa shape index (κ2) is 5.72. The van der Waals surface area contributed by atoms with Crippen LogP contribution in [0, 0.1) is 11.6 Å². The summed E-state index contributed by atoms with van der Waals surface area (Å²) in [6.07, 6.45) is 0. The first-order valence-electron chi connectivity index (χ1n) is 5.30. The van der Waals surface area contributed by atoms with Gasteiger partial charge < -0.3 is 10.2 Å². The van der Waals surface area contributed by atoms with Crippen LogP contribution < -0.4 is 5.32 Å². The monoisotopic (exact) mass is 242 g/mol. The summed E-state index contributed by atoms with van der Waals surface area (Å²) in [6.45, 7) is 1.95. The Balaban J connectivity index is 2.61. The van der Waals surface area contributed by atoms with Gasteiger partial charge in [-0.15, -0.1) is 0 Å². The standard InChI is InChI=1S/C12H16F2N2O/c1-8(15-7-12(17)16(2)3)9-4-5-10(13)11(14)6-9/h4-6,8,15H,7H2,1-3H3. The van der Waals surface area contributed by atoms with Gasteiger partial charge in [0.1, 0.15) is 0 Å². The maximum absolute atomic E-state index is 13.0. The maximum atomic E-state index is 13.0. The quantitative estimate of drug-likeness (QED) is 0.871. The highest BCUT2D eigenvalue weighted by Gasteiger charge is 2.11. The lowest BCUT2D eigenvalue weighted by Crippen LogP contribution is -2.34. The van der Waals surface area contributed by atoms with Crippen LogP contribution in [0.15, 0.2) is 18.2 Å². The fraction of sp³-hybridized carbons (Fsp3) is 0.417. The molecule has 0 aliphatic heterocycles. The Hall–Kier alpha value is -1.49. The number of carbonyl (C=O) groups excluding carboxylic acids is 1. The number of benzene rings is 1. The van der Waals surface area contributed by atoms with Crippen molar-refractivity contribution in [3.05, 3.63) is 35.4 Å². The van der Waals surface area contributed by atoms with Crippen LogP contribution in [-0.2, 0) is 4.79 Å². The van der Waals surface area contributed by atoms with Gasteiger partial charge in [-0.2, -0.15) is 0 Å². The number of hydrogen-bond acceptors (Lipinski definition) is 2. The van der Waals surface area contributed by atoms with Gasteiger partial charge in [0.2, 0.25) is 5.91 Å². The third-order valence-electron chi connectivity index (χ3n) is 2.50. The molecule has 0 fully saturated rings. The molecule has 1 amide bonds. The van der Waals surface area contributed by atoms with Gasteiger partial charge in [-0.3, -0.25) is 4.79 Å². The predicted molar refractivity (Wildman–Crippen MR) is 61.5 cm³/mol. The van der Waals surface area contributed by atoms with Crippen molar-refractivity contribution < 1.29 is 13.6 Å². The van der Waals surface area contributed by atoms with Crippen molar-refractivity contribution in [2.45, 2.75) is 13.0 Å². The van der Waals surface area contributed by atoms with Gasteiger partial charge in [-0.1, -0.05) is 6.07 Å². The molecule has 1 aromatic rings. The Labute approximate surface area is 99.4 Å². The second-order valence-electron chi connectivity index (χ2n) is 4.06. The normalized spacial score (nSPS) is 12.3. The summed E-state index contributed by atoms with van der Waals surface area (Å²) in [4.78, 5) is 12.8. The molecule has 0 heterocycles. The van der Waals surface area contributed by atoms with Crippen LogP contribution in [0.3, 0.4) is 0 Å². The van der Waals surface area contributed by atoms with Crippen molar-refractivity contribution in [1.82, 2.24) is 10.2 Å². The average Bonchev–Trinajstić information content (AvgIpc) is 2.28. The van der Waals surface area contributed by atoms with Crippen molar-refractivity contribution in [1.29, 1.82) is 0 Å². The molecule has 1 unspecified atom stereocenters. The Kier molecular flexibility index (Phi) is 4.57. The van der Waals surface area contributed by atoms with E-state index in [2.05, 4.69) is 5.32 Å². The van der Waals surface area contributed by atoms with E-state index in [1.165, 1.54) is 11.0 Å². The van der Waals surface area contributed by atoms with Crippen molar-refractivity contribution >= 4 is 5.91 Å². The molecule has 0 aliphatic carbocycles. The Bertz CT molecular complexity index is 407. The zero-order chi connectivity index (χ0) is 13.0. The van der Waals surface area contributed by atoms with Crippen molar-refractivity contribution in [2.24, 2.45) is 0 Å². The number of carbonyl (C=O) groups is 1. The second-order valence-corrected chi connectivity index (χ2v) is 4.06. The lowest BCUT2D eigenvalue weighted by molar-refractivity contribution is -0.127. The summed E-state index contributed by atoms with van der Waals surface area (Å²) >= 11 is 0. The third-order valence-corrected chi connectivity index (χ3v) is 2.50. The molecule has 1 N–H and O–H groups in total. The van der Waals surface area contributed by atoms with Crippen molar-refractivity contribution in [3.63, 3.8) is 0 Å². The first kappa shape index (κ1) is 13.6. The SMILES string of the molecule is CC(NCC(=O)N(C)C)c1ccc(F)c(F)c1. The molecule has 94 valence electrons. The minimum Gasteiger partial charge on any atom is -0.348 e. The molecule has 1 rings (SSSR count). The molecule has 3 nitrogen and oxygen atoms in total. The van der Waals surface area contributed by atoms with Gasteiger partial charge in [0, 0.05) is 20.1 Å². The molecule has 0 aliphatic rings. The van der Waals surface area contributed by atoms with E-state index >= 15 is 0 Å². The Morgan fingerprint density at radius 3 is 2.53 bits per heavy atom. The fourth-order valence-electron chi connectivity index (χ4n) is 1.30. The van der Waals surface area contributed by atoms with Gasteiger partial charge in [0.15, 0.2) is 11.6 Å². The number of halogens is 2. The minimum atomic E-state index is -0.880. The molecule has 1 atom stereocenters. The summed E-state index contributed by atoms with van der Waals surface area (Å²) in [5, 5.41) is 2.95. The molecule has 0 radical (unpaired) electrons. The minimum absolute atomic E-state index is 0.0700. The molecular weight excluding hydrogens is 226 g/mol. The number of amides is 1. The fourth-order valence-corrected chi connectivity index (χ4v) is 1.30. The largest absolute Gasteiger partial charge is 0.348 e. The van der Waals surface area contributed by atoms with Crippen LogP contribution in [0.5, 0.6) is 0 Å². The van der Waals surface area contributed by atoms with Gasteiger partial charge >= 0.3 is 0 Å². The maximum Gasteiger partial charge on any atom is 0.236 e. The molecular formula is C12H16F2N2O. The lowest BCUT2D eigenvalue weighted by Gasteiger charge is -2.16. The lowest BCUT2D eigenvalue weighted by atomic mass is 10.1. The molecule has 1 aromatic carbocycles. The van der Waals surface area contributed by atoms with Crippen LogP contribution >= 0.6 is 0 Å². The zero-order valence-corrected chi connectivity index (χ0v) is 10.1. The van der Waals surface area contributed by atoms with E-state index < -0.39 is 11.6 Å². The van der Waals surface area contributed by atoms with Crippen LogP contribution in [0.25, 0.3) is 0 Å². The van der Waals surface area contributed by atoms with Crippen LogP contribution in [0.4, 0.5) is 8.78 Å². The molecule has 0 bridgehead atoms. The topological polar surface area (TPSA) is 32.3 Å². The molecule has 0 aromatic heterocycles. The number of likely N-dealkylation sites (N-methyl/N-ethyl adjacent to an activating group) is 1. The average molecular weight is 242 g/mol. The molecule has 0 saturated carbocycles. The first-order valence-corrected chi connectivity index (χ1v) is 5.30. The van der Waals surface area contributed by atoms with E-state index in [0.717, 1.165) is 12.1 Å². The van der Waals surface area contributed by atoms with Gasteiger partial charge in [0.25, 0.3) is 0 Å². The predicted octanol–water partition coefficient (Wildman–Crippen LogP) is 1.70. The molecule has 0 saturated heterocycles. The van der Waals surface area contributed by atoms with E-state index in [9.17, 15) is 13.6 Å². The number of nitrogens with one attached hydrogen (secondary N) is 1. The van der Waals surface area contributed by atoms with E-state index in [0.29, 0.717) is 5.56 Å². The number of hydrogen-bond donors (Lipinski definition) is 1. The third kappa shape index (κ3) is 3.78. The van der Waals surface area contributed by atoms with Gasteiger partial charge in [0.05, 0.1) is 6.54 Å². The molecule has 17 heavy (non-hydrogen) atoms. The van der Waals surface area contributed by atoms with Gasteiger partial charge in [-0.25, -0.2) is 8.78 Å². The Morgan fingerprint density at radius 1 is 1.35 bits per heavy atom. The zero-order valence-electron chi connectivity index (χ0n) is 10.1. The smallest absolute Gasteiger partial charge is 0.236 e. The number of rotatable bonds is 4. The van der Waals surface area contributed by atoms with Crippen LogP contribution in [0.1, 0.15) is 18.5 Å².